The maximum atomic E-state index is 3.70. The van der Waals surface area contributed by atoms with Crippen molar-refractivity contribution in [1.29, 1.82) is 0 Å². The predicted molar refractivity (Wildman–Crippen MR) is 47.6 cm³/mol. The zero-order chi connectivity index (χ0) is 7.90. The monoisotopic (exact) mass is 153 g/mol. The first-order valence-electron chi connectivity index (χ1n) is 4.97. The van der Waals surface area contributed by atoms with Gasteiger partial charge >= 0.3 is 0 Å². The van der Waals surface area contributed by atoms with E-state index in [4.69, 9.17) is 0 Å². The quantitative estimate of drug-likeness (QED) is 0.563. The molecule has 1 N–H and O–H groups in total. The number of nitrogens with one attached hydrogen (secondary N) is 1. The molecular weight excluding hydrogens is 134 g/mol. The molecule has 0 aromatic heterocycles. The van der Waals surface area contributed by atoms with Crippen LogP contribution in [0.1, 0.15) is 46.0 Å². The van der Waals surface area contributed by atoms with Gasteiger partial charge in [-0.05, 0) is 31.6 Å². The molecule has 1 aliphatic heterocycles. The smallest absolute Gasteiger partial charge is 0.0124 e. The average molecular weight is 153 g/mol. The summed E-state index contributed by atoms with van der Waals surface area (Å²) in [5.41, 5.74) is 0.650. The van der Waals surface area contributed by atoms with Gasteiger partial charge in [0.05, 0.1) is 0 Å². The van der Waals surface area contributed by atoms with Crippen LogP contribution in [0.3, 0.4) is 0 Å². The van der Waals surface area contributed by atoms with Crippen molar-refractivity contribution in [3.05, 3.63) is 0 Å². The van der Waals surface area contributed by atoms with Gasteiger partial charge in [0.1, 0.15) is 0 Å². The minimum atomic E-state index is 0.650. The lowest BCUT2D eigenvalue weighted by molar-refractivity contribution is 0.197. The van der Waals surface area contributed by atoms with Gasteiger partial charge in [0.25, 0.3) is 0 Å². The molecule has 1 nitrogen and oxygen atoms in total. The highest BCUT2D eigenvalue weighted by atomic mass is 15.0. The maximum Gasteiger partial charge on any atom is 0.0124 e. The molecule has 0 aromatic rings. The van der Waals surface area contributed by atoms with E-state index in [0.717, 1.165) is 12.1 Å². The van der Waals surface area contributed by atoms with Gasteiger partial charge in [-0.1, -0.05) is 19.8 Å². The topological polar surface area (TPSA) is 12.0 Å². The highest BCUT2D eigenvalue weighted by Crippen LogP contribution is 2.43. The van der Waals surface area contributed by atoms with E-state index in [1.54, 1.807) is 0 Å². The Morgan fingerprint density at radius 2 is 2.18 bits per heavy atom. The van der Waals surface area contributed by atoms with Gasteiger partial charge in [-0.15, -0.1) is 0 Å². The van der Waals surface area contributed by atoms with E-state index in [9.17, 15) is 0 Å². The third kappa shape index (κ3) is 1.20. The molecule has 0 bridgehead atoms. The van der Waals surface area contributed by atoms with Crippen LogP contribution in [0.15, 0.2) is 0 Å². The number of rotatable bonds is 0. The van der Waals surface area contributed by atoms with Gasteiger partial charge in [-0.2, -0.15) is 0 Å². The summed E-state index contributed by atoms with van der Waals surface area (Å²) in [5.74, 6) is 0. The van der Waals surface area contributed by atoms with Gasteiger partial charge < -0.3 is 5.32 Å². The third-order valence-electron chi connectivity index (χ3n) is 3.59. The summed E-state index contributed by atoms with van der Waals surface area (Å²) in [5, 5.41) is 3.70. The molecule has 1 saturated carbocycles. The molecule has 0 amide bonds. The van der Waals surface area contributed by atoms with Crippen molar-refractivity contribution in [2.45, 2.75) is 58.0 Å². The van der Waals surface area contributed by atoms with Crippen molar-refractivity contribution in [3.8, 4) is 0 Å². The van der Waals surface area contributed by atoms with E-state index < -0.39 is 0 Å². The Bertz CT molecular complexity index is 155. The van der Waals surface area contributed by atoms with E-state index in [1.807, 2.05) is 0 Å². The molecule has 2 fully saturated rings. The van der Waals surface area contributed by atoms with E-state index in [-0.39, 0.29) is 0 Å². The first-order valence-corrected chi connectivity index (χ1v) is 4.97. The van der Waals surface area contributed by atoms with E-state index in [2.05, 4.69) is 19.2 Å². The molecule has 3 atom stereocenters. The molecule has 1 saturated heterocycles. The van der Waals surface area contributed by atoms with E-state index in [1.165, 1.54) is 32.1 Å². The molecule has 1 heterocycles. The molecule has 0 spiro atoms. The second kappa shape index (κ2) is 2.48. The molecule has 0 aromatic carbocycles. The first kappa shape index (κ1) is 7.60. The summed E-state index contributed by atoms with van der Waals surface area (Å²) in [6.07, 6.45) is 7.18. The molecule has 64 valence electrons. The lowest BCUT2D eigenvalue weighted by Crippen LogP contribution is -2.37. The van der Waals surface area contributed by atoms with Crippen LogP contribution in [-0.2, 0) is 0 Å². The van der Waals surface area contributed by atoms with Crippen molar-refractivity contribution in [2.24, 2.45) is 5.41 Å². The van der Waals surface area contributed by atoms with Crippen molar-refractivity contribution < 1.29 is 0 Å². The largest absolute Gasteiger partial charge is 0.311 e. The highest BCUT2D eigenvalue weighted by molar-refractivity contribution is 4.99. The molecular formula is C10H19N. The Morgan fingerprint density at radius 1 is 1.36 bits per heavy atom. The minimum Gasteiger partial charge on any atom is -0.311 e. The van der Waals surface area contributed by atoms with Crippen LogP contribution in [0.5, 0.6) is 0 Å². The van der Waals surface area contributed by atoms with Crippen LogP contribution in [0.25, 0.3) is 0 Å². The second-order valence-electron chi connectivity index (χ2n) is 4.72. The Hall–Kier alpha value is -0.0400. The summed E-state index contributed by atoms with van der Waals surface area (Å²) < 4.78 is 0. The molecule has 0 radical (unpaired) electrons. The van der Waals surface area contributed by atoms with Crippen molar-refractivity contribution in [2.75, 3.05) is 0 Å². The lowest BCUT2D eigenvalue weighted by Gasteiger charge is -2.35. The van der Waals surface area contributed by atoms with Crippen LogP contribution in [0.2, 0.25) is 0 Å². The second-order valence-corrected chi connectivity index (χ2v) is 4.72. The van der Waals surface area contributed by atoms with Crippen LogP contribution in [-0.4, -0.2) is 12.1 Å². The minimum absolute atomic E-state index is 0.650. The van der Waals surface area contributed by atoms with Crippen molar-refractivity contribution in [3.63, 3.8) is 0 Å². The fourth-order valence-corrected chi connectivity index (χ4v) is 3.03. The molecule has 2 aliphatic rings. The molecule has 1 aliphatic carbocycles. The molecule has 11 heavy (non-hydrogen) atoms. The van der Waals surface area contributed by atoms with Gasteiger partial charge in [0, 0.05) is 12.1 Å². The highest BCUT2D eigenvalue weighted by Gasteiger charge is 2.42. The van der Waals surface area contributed by atoms with Gasteiger partial charge in [0.15, 0.2) is 0 Å². The van der Waals surface area contributed by atoms with E-state index >= 15 is 0 Å². The Balaban J connectivity index is 2.11. The standard InChI is InChI=1S/C10H19N/c1-8-7-10(2)6-4-3-5-9(10)11-8/h8-9,11H,3-7H2,1-2H3/t8-,9+,10+/m0/s1. The predicted octanol–water partition coefficient (Wildman–Crippen LogP) is 2.32. The summed E-state index contributed by atoms with van der Waals surface area (Å²) in [7, 11) is 0. The third-order valence-corrected chi connectivity index (χ3v) is 3.59. The zero-order valence-electron chi connectivity index (χ0n) is 7.69. The van der Waals surface area contributed by atoms with Crippen LogP contribution in [0, 0.1) is 5.41 Å². The normalized spacial score (nSPS) is 50.7. The number of hydrogen-bond donors (Lipinski definition) is 1. The van der Waals surface area contributed by atoms with Crippen LogP contribution >= 0.6 is 0 Å². The van der Waals surface area contributed by atoms with Crippen LogP contribution in [0.4, 0.5) is 0 Å². The fraction of sp³-hybridized carbons (Fsp3) is 1.00. The summed E-state index contributed by atoms with van der Waals surface area (Å²) >= 11 is 0. The van der Waals surface area contributed by atoms with Gasteiger partial charge in [0.2, 0.25) is 0 Å². The molecule has 2 rings (SSSR count). The molecule has 1 heteroatoms. The SMILES string of the molecule is C[C@H]1C[C@@]2(C)CCCC[C@H]2N1. The van der Waals surface area contributed by atoms with Gasteiger partial charge in [-0.3, -0.25) is 0 Å². The number of fused-ring (bicyclic) bond motifs is 1. The Morgan fingerprint density at radius 3 is 2.91 bits per heavy atom. The molecule has 0 unspecified atom stereocenters. The first-order chi connectivity index (χ1) is 5.21. The van der Waals surface area contributed by atoms with E-state index in [0.29, 0.717) is 5.41 Å². The number of hydrogen-bond acceptors (Lipinski definition) is 1. The zero-order valence-corrected chi connectivity index (χ0v) is 7.69. The fourth-order valence-electron chi connectivity index (χ4n) is 3.03. The van der Waals surface area contributed by atoms with Crippen molar-refractivity contribution in [1.82, 2.24) is 5.32 Å². The Labute approximate surface area is 69.6 Å². The van der Waals surface area contributed by atoms with Crippen LogP contribution < -0.4 is 5.32 Å². The van der Waals surface area contributed by atoms with Crippen molar-refractivity contribution >= 4 is 0 Å². The maximum absolute atomic E-state index is 3.70. The summed E-state index contributed by atoms with van der Waals surface area (Å²) in [6.45, 7) is 4.79. The average Bonchev–Trinajstić information content (AvgIpc) is 2.22. The van der Waals surface area contributed by atoms with Gasteiger partial charge in [-0.25, -0.2) is 0 Å². The Kier molecular flexibility index (Phi) is 1.71. The summed E-state index contributed by atoms with van der Waals surface area (Å²) in [6, 6.07) is 1.61. The lowest BCUT2D eigenvalue weighted by atomic mass is 9.72. The summed E-state index contributed by atoms with van der Waals surface area (Å²) in [4.78, 5) is 0.